The Kier molecular flexibility index (Phi) is 3.91. The molecular formula is C17H22N4O2. The summed E-state index contributed by atoms with van der Waals surface area (Å²) in [6.45, 7) is 5.62. The normalized spacial score (nSPS) is 22.1. The van der Waals surface area contributed by atoms with E-state index < -0.39 is 0 Å². The molecule has 2 aliphatic rings. The average Bonchev–Trinajstić information content (AvgIpc) is 3.28. The van der Waals surface area contributed by atoms with Crippen molar-refractivity contribution in [2.75, 3.05) is 26.2 Å². The Morgan fingerprint density at radius 2 is 2.17 bits per heavy atom. The van der Waals surface area contributed by atoms with Crippen LogP contribution < -0.4 is 0 Å². The zero-order valence-electron chi connectivity index (χ0n) is 13.2. The molecule has 0 radical (unpaired) electrons. The van der Waals surface area contributed by atoms with Crippen LogP contribution in [0.4, 0.5) is 0 Å². The predicted molar refractivity (Wildman–Crippen MR) is 84.8 cm³/mol. The average molecular weight is 314 g/mol. The molecule has 4 rings (SSSR count). The number of carbonyl (C=O) groups excluding carboxylic acids is 1. The first-order chi connectivity index (χ1) is 11.3. The maximum Gasteiger partial charge on any atom is 0.289 e. The van der Waals surface area contributed by atoms with Crippen LogP contribution >= 0.6 is 0 Å². The minimum atomic E-state index is -0.0436. The van der Waals surface area contributed by atoms with E-state index in [9.17, 15) is 4.79 Å². The van der Waals surface area contributed by atoms with E-state index in [1.807, 2.05) is 17.3 Å². The van der Waals surface area contributed by atoms with Crippen LogP contribution in [-0.2, 0) is 13.1 Å². The molecule has 0 N–H and O–H groups in total. The van der Waals surface area contributed by atoms with E-state index in [0.717, 1.165) is 25.5 Å². The zero-order chi connectivity index (χ0) is 15.6. The molecule has 0 aromatic carbocycles. The number of likely N-dealkylation sites (tertiary alicyclic amines) is 1. The number of nitrogens with zero attached hydrogens (tertiary/aromatic N) is 4. The maximum absolute atomic E-state index is 12.7. The third kappa shape index (κ3) is 3.03. The maximum atomic E-state index is 12.7. The Morgan fingerprint density at radius 3 is 2.96 bits per heavy atom. The van der Waals surface area contributed by atoms with Gasteiger partial charge in [-0.05, 0) is 38.1 Å². The number of fused-ring (bicyclic) bond motifs is 1. The van der Waals surface area contributed by atoms with E-state index in [4.69, 9.17) is 4.42 Å². The number of imidazole rings is 1. The van der Waals surface area contributed by atoms with Gasteiger partial charge in [-0.1, -0.05) is 0 Å². The first-order valence-electron chi connectivity index (χ1n) is 8.35. The minimum Gasteiger partial charge on any atom is -0.459 e. The third-order valence-corrected chi connectivity index (χ3v) is 4.80. The molecule has 4 heterocycles. The van der Waals surface area contributed by atoms with Crippen molar-refractivity contribution < 1.29 is 9.21 Å². The van der Waals surface area contributed by atoms with Crippen LogP contribution in [0.2, 0.25) is 0 Å². The number of aromatic nitrogens is 2. The van der Waals surface area contributed by atoms with Gasteiger partial charge in [0.25, 0.3) is 5.91 Å². The lowest BCUT2D eigenvalue weighted by Gasteiger charge is -2.26. The summed E-state index contributed by atoms with van der Waals surface area (Å²) in [6.07, 6.45) is 7.97. The second-order valence-corrected chi connectivity index (χ2v) is 6.53. The van der Waals surface area contributed by atoms with Crippen molar-refractivity contribution in [2.45, 2.75) is 25.9 Å². The summed E-state index contributed by atoms with van der Waals surface area (Å²) >= 11 is 0. The summed E-state index contributed by atoms with van der Waals surface area (Å²) in [7, 11) is 0. The topological polar surface area (TPSA) is 54.5 Å². The standard InChI is InChI=1S/C17H22N4O2/c22-17(15-4-3-9-23-15)21-12-14(10-19-6-1-2-7-19)11-20-8-5-18-16(20)13-21/h3-5,8-9,14H,1-2,6-7,10-13H2/t14-/m0/s1. The highest BCUT2D eigenvalue weighted by atomic mass is 16.3. The molecule has 2 aliphatic heterocycles. The minimum absolute atomic E-state index is 0.0436. The Bertz CT molecular complexity index is 658. The number of rotatable bonds is 3. The van der Waals surface area contributed by atoms with Crippen LogP contribution in [0.15, 0.2) is 35.2 Å². The molecule has 6 heteroatoms. The lowest BCUT2D eigenvalue weighted by atomic mass is 10.1. The van der Waals surface area contributed by atoms with E-state index in [0.29, 0.717) is 18.2 Å². The molecule has 1 saturated heterocycles. The Morgan fingerprint density at radius 1 is 1.30 bits per heavy atom. The fourth-order valence-corrected chi connectivity index (χ4v) is 3.70. The van der Waals surface area contributed by atoms with Crippen LogP contribution in [0, 0.1) is 5.92 Å². The third-order valence-electron chi connectivity index (χ3n) is 4.80. The van der Waals surface area contributed by atoms with Gasteiger partial charge in [0.15, 0.2) is 5.76 Å². The number of amides is 1. The van der Waals surface area contributed by atoms with Gasteiger partial charge in [-0.25, -0.2) is 4.98 Å². The number of carbonyl (C=O) groups is 1. The van der Waals surface area contributed by atoms with E-state index >= 15 is 0 Å². The van der Waals surface area contributed by atoms with Gasteiger partial charge in [-0.3, -0.25) is 4.79 Å². The summed E-state index contributed by atoms with van der Waals surface area (Å²) in [5, 5.41) is 0. The van der Waals surface area contributed by atoms with Crippen molar-refractivity contribution in [1.29, 1.82) is 0 Å². The molecule has 2 aromatic heterocycles. The molecule has 2 aromatic rings. The van der Waals surface area contributed by atoms with Crippen LogP contribution in [0.1, 0.15) is 29.2 Å². The Labute approximate surface area is 135 Å². The van der Waals surface area contributed by atoms with E-state index in [-0.39, 0.29) is 5.91 Å². The van der Waals surface area contributed by atoms with Gasteiger partial charge in [-0.15, -0.1) is 0 Å². The Hall–Kier alpha value is -2.08. The molecule has 0 saturated carbocycles. The van der Waals surface area contributed by atoms with Crippen LogP contribution in [0.25, 0.3) is 0 Å². The monoisotopic (exact) mass is 314 g/mol. The largest absolute Gasteiger partial charge is 0.459 e. The van der Waals surface area contributed by atoms with Crippen molar-refractivity contribution in [1.82, 2.24) is 19.4 Å². The van der Waals surface area contributed by atoms with Gasteiger partial charge in [0.05, 0.1) is 12.8 Å². The van der Waals surface area contributed by atoms with Crippen LogP contribution in [-0.4, -0.2) is 51.4 Å². The van der Waals surface area contributed by atoms with Crippen molar-refractivity contribution in [3.05, 3.63) is 42.4 Å². The number of furan rings is 1. The second kappa shape index (κ2) is 6.20. The molecule has 1 amide bonds. The lowest BCUT2D eigenvalue weighted by molar-refractivity contribution is 0.0675. The fraction of sp³-hybridized carbons (Fsp3) is 0.529. The summed E-state index contributed by atoms with van der Waals surface area (Å²) < 4.78 is 7.49. The molecule has 0 bridgehead atoms. The van der Waals surface area contributed by atoms with Crippen molar-refractivity contribution in [3.8, 4) is 0 Å². The molecular weight excluding hydrogens is 292 g/mol. The second-order valence-electron chi connectivity index (χ2n) is 6.53. The molecule has 1 fully saturated rings. The highest BCUT2D eigenvalue weighted by molar-refractivity contribution is 5.91. The quantitative estimate of drug-likeness (QED) is 0.867. The van der Waals surface area contributed by atoms with Gasteiger partial charge >= 0.3 is 0 Å². The molecule has 0 spiro atoms. The molecule has 1 atom stereocenters. The smallest absolute Gasteiger partial charge is 0.289 e. The molecule has 6 nitrogen and oxygen atoms in total. The van der Waals surface area contributed by atoms with Gasteiger partial charge < -0.3 is 18.8 Å². The predicted octanol–water partition coefficient (Wildman–Crippen LogP) is 1.84. The highest BCUT2D eigenvalue weighted by Crippen LogP contribution is 2.20. The zero-order valence-corrected chi connectivity index (χ0v) is 13.2. The summed E-state index contributed by atoms with van der Waals surface area (Å²) in [6, 6.07) is 3.49. The van der Waals surface area contributed by atoms with Gasteiger partial charge in [-0.2, -0.15) is 0 Å². The molecule has 122 valence electrons. The first-order valence-corrected chi connectivity index (χ1v) is 8.35. The van der Waals surface area contributed by atoms with Gasteiger partial charge in [0, 0.05) is 37.9 Å². The molecule has 0 aliphatic carbocycles. The lowest BCUT2D eigenvalue weighted by Crippen LogP contribution is -2.38. The van der Waals surface area contributed by atoms with E-state index in [1.165, 1.54) is 25.9 Å². The summed E-state index contributed by atoms with van der Waals surface area (Å²) in [5.41, 5.74) is 0. The number of hydrogen-bond donors (Lipinski definition) is 0. The van der Waals surface area contributed by atoms with Gasteiger partial charge in [0.1, 0.15) is 5.82 Å². The Balaban J connectivity index is 1.55. The van der Waals surface area contributed by atoms with Crippen molar-refractivity contribution >= 4 is 5.91 Å². The van der Waals surface area contributed by atoms with Crippen molar-refractivity contribution in [2.24, 2.45) is 5.92 Å². The van der Waals surface area contributed by atoms with Crippen molar-refractivity contribution in [3.63, 3.8) is 0 Å². The van der Waals surface area contributed by atoms with Crippen LogP contribution in [0.5, 0.6) is 0 Å². The van der Waals surface area contributed by atoms with E-state index in [1.54, 1.807) is 18.4 Å². The fourth-order valence-electron chi connectivity index (χ4n) is 3.70. The summed E-state index contributed by atoms with van der Waals surface area (Å²) in [5.74, 6) is 1.74. The SMILES string of the molecule is O=C(c1ccco1)N1Cc2nccn2C[C@H](CN2CCCC2)C1. The molecule has 0 unspecified atom stereocenters. The highest BCUT2D eigenvalue weighted by Gasteiger charge is 2.29. The van der Waals surface area contributed by atoms with Crippen LogP contribution in [0.3, 0.4) is 0 Å². The van der Waals surface area contributed by atoms with E-state index in [2.05, 4.69) is 14.5 Å². The summed E-state index contributed by atoms with van der Waals surface area (Å²) in [4.78, 5) is 21.5. The first kappa shape index (κ1) is 14.5. The van der Waals surface area contributed by atoms with Gasteiger partial charge in [0.2, 0.25) is 0 Å². The number of hydrogen-bond acceptors (Lipinski definition) is 4. The molecule has 23 heavy (non-hydrogen) atoms.